The zero-order chi connectivity index (χ0) is 13.8. The minimum Gasteiger partial charge on any atom is -0.508 e. The number of aromatic hydroxyl groups is 1. The molecule has 3 nitrogen and oxygen atoms in total. The second-order valence-corrected chi connectivity index (χ2v) is 4.39. The van der Waals surface area contributed by atoms with Crippen LogP contribution in [0, 0.1) is 5.82 Å². The maximum Gasteiger partial charge on any atom is 0.228 e. The van der Waals surface area contributed by atoms with E-state index in [4.69, 9.17) is 11.6 Å². The largest absolute Gasteiger partial charge is 0.508 e. The molecule has 2 N–H and O–H groups in total. The molecule has 0 heterocycles. The Labute approximate surface area is 114 Å². The van der Waals surface area contributed by atoms with Gasteiger partial charge in [0.05, 0.1) is 11.4 Å². The zero-order valence-electron chi connectivity index (χ0n) is 9.86. The van der Waals surface area contributed by atoms with Crippen LogP contribution in [0.3, 0.4) is 0 Å². The van der Waals surface area contributed by atoms with Gasteiger partial charge in [-0.15, -0.1) is 0 Å². The Morgan fingerprint density at radius 3 is 2.68 bits per heavy atom. The predicted octanol–water partition coefficient (Wildman–Crippen LogP) is 3.37. The van der Waals surface area contributed by atoms with Gasteiger partial charge in [-0.1, -0.05) is 29.8 Å². The zero-order valence-corrected chi connectivity index (χ0v) is 10.6. The Morgan fingerprint density at radius 2 is 2.00 bits per heavy atom. The van der Waals surface area contributed by atoms with Gasteiger partial charge in [-0.25, -0.2) is 4.39 Å². The van der Waals surface area contributed by atoms with Crippen molar-refractivity contribution in [3.05, 3.63) is 58.9 Å². The molecule has 0 saturated carbocycles. The van der Waals surface area contributed by atoms with E-state index in [-0.39, 0.29) is 23.1 Å². The van der Waals surface area contributed by atoms with Gasteiger partial charge in [0, 0.05) is 11.3 Å². The van der Waals surface area contributed by atoms with Crippen LogP contribution in [-0.2, 0) is 11.2 Å². The number of hydrogen-bond donors (Lipinski definition) is 2. The monoisotopic (exact) mass is 279 g/mol. The number of phenolic OH excluding ortho intramolecular Hbond substituents is 1. The molecule has 98 valence electrons. The fourth-order valence-electron chi connectivity index (χ4n) is 1.61. The summed E-state index contributed by atoms with van der Waals surface area (Å²) in [7, 11) is 0. The molecule has 2 aromatic carbocycles. The number of hydrogen-bond acceptors (Lipinski definition) is 2. The minimum absolute atomic E-state index is 0.00120. The lowest BCUT2D eigenvalue weighted by atomic mass is 10.1. The first-order valence-electron chi connectivity index (χ1n) is 5.58. The third kappa shape index (κ3) is 3.45. The number of amides is 1. The van der Waals surface area contributed by atoms with Gasteiger partial charge >= 0.3 is 0 Å². The Morgan fingerprint density at radius 1 is 1.26 bits per heavy atom. The van der Waals surface area contributed by atoms with Crippen molar-refractivity contribution in [3.8, 4) is 5.75 Å². The Kier molecular flexibility index (Phi) is 4.02. The number of rotatable bonds is 3. The maximum absolute atomic E-state index is 13.2. The molecule has 5 heteroatoms. The van der Waals surface area contributed by atoms with Crippen LogP contribution in [0.2, 0.25) is 5.02 Å². The second-order valence-electron chi connectivity index (χ2n) is 3.98. The average Bonchev–Trinajstić information content (AvgIpc) is 2.37. The van der Waals surface area contributed by atoms with Crippen LogP contribution in [0.15, 0.2) is 42.5 Å². The van der Waals surface area contributed by atoms with Crippen molar-refractivity contribution < 1.29 is 14.3 Å². The summed E-state index contributed by atoms with van der Waals surface area (Å²) in [6.45, 7) is 0. The van der Waals surface area contributed by atoms with Crippen LogP contribution in [-0.4, -0.2) is 11.0 Å². The van der Waals surface area contributed by atoms with Crippen molar-refractivity contribution in [2.24, 2.45) is 0 Å². The molecule has 0 aliphatic heterocycles. The molecule has 19 heavy (non-hydrogen) atoms. The van der Waals surface area contributed by atoms with Crippen molar-refractivity contribution >= 4 is 23.2 Å². The summed E-state index contributed by atoms with van der Waals surface area (Å²) >= 11 is 5.55. The third-order valence-corrected chi connectivity index (χ3v) is 2.85. The molecule has 0 bridgehead atoms. The first kappa shape index (κ1) is 13.4. The van der Waals surface area contributed by atoms with Crippen molar-refractivity contribution in [2.75, 3.05) is 5.32 Å². The molecule has 2 rings (SSSR count). The van der Waals surface area contributed by atoms with Gasteiger partial charge in [0.25, 0.3) is 0 Å². The molecular formula is C14H11ClFNO2. The Balaban J connectivity index is 2.05. The third-order valence-electron chi connectivity index (χ3n) is 2.55. The SMILES string of the molecule is O=C(Cc1ccccc1O)Nc1ccc(Cl)c(F)c1. The lowest BCUT2D eigenvalue weighted by Crippen LogP contribution is -2.14. The van der Waals surface area contributed by atoms with Crippen molar-refractivity contribution in [3.63, 3.8) is 0 Å². The molecule has 0 atom stereocenters. The Hall–Kier alpha value is -2.07. The summed E-state index contributed by atoms with van der Waals surface area (Å²) in [5.41, 5.74) is 0.830. The normalized spacial score (nSPS) is 10.2. The number of anilines is 1. The van der Waals surface area contributed by atoms with E-state index in [1.165, 1.54) is 18.2 Å². The summed E-state index contributed by atoms with van der Waals surface area (Å²) < 4.78 is 13.2. The molecule has 0 radical (unpaired) electrons. The average molecular weight is 280 g/mol. The summed E-state index contributed by atoms with van der Waals surface area (Å²) in [4.78, 5) is 11.8. The van der Waals surface area contributed by atoms with E-state index in [1.807, 2.05) is 0 Å². The van der Waals surface area contributed by atoms with E-state index in [0.717, 1.165) is 6.07 Å². The van der Waals surface area contributed by atoms with Gasteiger partial charge in [0.1, 0.15) is 11.6 Å². The van der Waals surface area contributed by atoms with Crippen LogP contribution in [0.5, 0.6) is 5.75 Å². The molecule has 0 saturated heterocycles. The van der Waals surface area contributed by atoms with Crippen LogP contribution >= 0.6 is 11.6 Å². The number of nitrogens with one attached hydrogen (secondary N) is 1. The fourth-order valence-corrected chi connectivity index (χ4v) is 1.73. The molecule has 0 aliphatic carbocycles. The van der Waals surface area contributed by atoms with Crippen molar-refractivity contribution in [1.82, 2.24) is 0 Å². The lowest BCUT2D eigenvalue weighted by molar-refractivity contribution is -0.115. The maximum atomic E-state index is 13.2. The predicted molar refractivity (Wildman–Crippen MR) is 71.9 cm³/mol. The van der Waals surface area contributed by atoms with Gasteiger partial charge in [-0.05, 0) is 24.3 Å². The second kappa shape index (κ2) is 5.71. The number of para-hydroxylation sites is 1. The molecule has 0 fully saturated rings. The highest BCUT2D eigenvalue weighted by Crippen LogP contribution is 2.20. The number of carbonyl (C=O) groups is 1. The summed E-state index contributed by atoms with van der Waals surface area (Å²) in [6, 6.07) is 10.6. The smallest absolute Gasteiger partial charge is 0.228 e. The van der Waals surface area contributed by atoms with Crippen LogP contribution in [0.25, 0.3) is 0 Å². The molecule has 0 spiro atoms. The lowest BCUT2D eigenvalue weighted by Gasteiger charge is -2.07. The van der Waals surface area contributed by atoms with Crippen LogP contribution in [0.1, 0.15) is 5.56 Å². The summed E-state index contributed by atoms with van der Waals surface area (Å²) in [5.74, 6) is -0.884. The number of carbonyl (C=O) groups excluding carboxylic acids is 1. The fraction of sp³-hybridized carbons (Fsp3) is 0.0714. The van der Waals surface area contributed by atoms with Gasteiger partial charge in [0.2, 0.25) is 5.91 Å². The number of benzene rings is 2. The van der Waals surface area contributed by atoms with Crippen LogP contribution in [0.4, 0.5) is 10.1 Å². The summed E-state index contributed by atoms with van der Waals surface area (Å²) in [6.07, 6.45) is 0.0108. The van der Waals surface area contributed by atoms with Gasteiger partial charge in [-0.3, -0.25) is 4.79 Å². The van der Waals surface area contributed by atoms with E-state index >= 15 is 0 Å². The first-order valence-corrected chi connectivity index (χ1v) is 5.96. The van der Waals surface area contributed by atoms with Crippen LogP contribution < -0.4 is 5.32 Å². The van der Waals surface area contributed by atoms with E-state index in [2.05, 4.69) is 5.32 Å². The highest BCUT2D eigenvalue weighted by molar-refractivity contribution is 6.30. The molecule has 1 amide bonds. The summed E-state index contributed by atoms with van der Waals surface area (Å²) in [5, 5.41) is 12.1. The molecule has 0 unspecified atom stereocenters. The van der Waals surface area contributed by atoms with E-state index in [1.54, 1.807) is 18.2 Å². The standard InChI is InChI=1S/C14H11ClFNO2/c15-11-6-5-10(8-12(11)16)17-14(19)7-9-3-1-2-4-13(9)18/h1-6,8,18H,7H2,(H,17,19). The highest BCUT2D eigenvalue weighted by atomic mass is 35.5. The highest BCUT2D eigenvalue weighted by Gasteiger charge is 2.08. The number of phenols is 1. The quantitative estimate of drug-likeness (QED) is 0.905. The van der Waals surface area contributed by atoms with E-state index < -0.39 is 5.82 Å². The topological polar surface area (TPSA) is 49.3 Å². The van der Waals surface area contributed by atoms with Gasteiger partial charge < -0.3 is 10.4 Å². The minimum atomic E-state index is -0.595. The van der Waals surface area contributed by atoms with Crippen molar-refractivity contribution in [2.45, 2.75) is 6.42 Å². The van der Waals surface area contributed by atoms with Crippen molar-refractivity contribution in [1.29, 1.82) is 0 Å². The first-order chi connectivity index (χ1) is 9.06. The molecule has 0 aromatic heterocycles. The van der Waals surface area contributed by atoms with Gasteiger partial charge in [-0.2, -0.15) is 0 Å². The van der Waals surface area contributed by atoms with Gasteiger partial charge in [0.15, 0.2) is 0 Å². The number of halogens is 2. The van der Waals surface area contributed by atoms with E-state index in [9.17, 15) is 14.3 Å². The molecule has 0 aliphatic rings. The molecular weight excluding hydrogens is 269 g/mol. The Bertz CT molecular complexity index is 616. The molecule has 2 aromatic rings. The van der Waals surface area contributed by atoms with E-state index in [0.29, 0.717) is 11.3 Å².